The molecule has 0 fully saturated rings. The minimum Gasteiger partial charge on any atom is -0.386 e. The van der Waals surface area contributed by atoms with E-state index in [1.807, 2.05) is 0 Å². The molecular formula is C14H11BrClF2NO. The second-order valence-corrected chi connectivity index (χ2v) is 5.48. The predicted octanol–water partition coefficient (Wildman–Crippen LogP) is 4.53. The summed E-state index contributed by atoms with van der Waals surface area (Å²) in [5.41, 5.74) is 0.221. The Balaban J connectivity index is 2.11. The maximum absolute atomic E-state index is 13.5. The highest BCUT2D eigenvalue weighted by Crippen LogP contribution is 2.27. The Morgan fingerprint density at radius 1 is 1.20 bits per heavy atom. The van der Waals surface area contributed by atoms with E-state index in [4.69, 9.17) is 11.6 Å². The minimum absolute atomic E-state index is 0.0563. The molecule has 0 spiro atoms. The molecule has 0 amide bonds. The molecule has 6 heteroatoms. The number of benzene rings is 2. The van der Waals surface area contributed by atoms with Crippen molar-refractivity contribution in [1.82, 2.24) is 0 Å². The van der Waals surface area contributed by atoms with Gasteiger partial charge in [0.05, 0.1) is 16.3 Å². The highest BCUT2D eigenvalue weighted by atomic mass is 79.9. The van der Waals surface area contributed by atoms with Gasteiger partial charge in [0.1, 0.15) is 17.7 Å². The Hall–Kier alpha value is -1.17. The topological polar surface area (TPSA) is 32.3 Å². The maximum atomic E-state index is 13.5. The number of hydrogen-bond acceptors (Lipinski definition) is 2. The van der Waals surface area contributed by atoms with Crippen molar-refractivity contribution in [2.24, 2.45) is 0 Å². The first-order valence-corrected chi connectivity index (χ1v) is 6.97. The Kier molecular flexibility index (Phi) is 4.96. The van der Waals surface area contributed by atoms with E-state index < -0.39 is 17.7 Å². The van der Waals surface area contributed by atoms with Gasteiger partial charge in [0.2, 0.25) is 0 Å². The van der Waals surface area contributed by atoms with E-state index in [9.17, 15) is 13.9 Å². The van der Waals surface area contributed by atoms with E-state index in [1.54, 1.807) is 18.2 Å². The minimum atomic E-state index is -1.31. The fourth-order valence-corrected chi connectivity index (χ4v) is 2.51. The molecule has 20 heavy (non-hydrogen) atoms. The van der Waals surface area contributed by atoms with Gasteiger partial charge in [0.25, 0.3) is 0 Å². The summed E-state index contributed by atoms with van der Waals surface area (Å²) in [6.07, 6.45) is -1.31. The second kappa shape index (κ2) is 6.52. The first-order valence-electron chi connectivity index (χ1n) is 5.80. The standard InChI is InChI=1S/C14H11BrClF2NO/c15-8-4-5-12(9(16)6-8)19-7-13(20)14-10(17)2-1-3-11(14)18/h1-6,13,19-20H,7H2. The third kappa shape index (κ3) is 3.48. The average Bonchev–Trinajstić information content (AvgIpc) is 2.37. The smallest absolute Gasteiger partial charge is 0.132 e. The summed E-state index contributed by atoms with van der Waals surface area (Å²) in [7, 11) is 0. The Bertz CT molecular complexity index is 604. The van der Waals surface area contributed by atoms with Crippen LogP contribution in [-0.4, -0.2) is 11.7 Å². The molecule has 2 rings (SSSR count). The Labute approximate surface area is 128 Å². The van der Waals surface area contributed by atoms with Crippen LogP contribution in [0.3, 0.4) is 0 Å². The number of aliphatic hydroxyl groups is 1. The van der Waals surface area contributed by atoms with E-state index in [0.29, 0.717) is 10.7 Å². The molecule has 2 aromatic rings. The fraction of sp³-hybridized carbons (Fsp3) is 0.143. The fourth-order valence-electron chi connectivity index (χ4n) is 1.77. The molecule has 0 saturated heterocycles. The zero-order valence-corrected chi connectivity index (χ0v) is 12.5. The lowest BCUT2D eigenvalue weighted by atomic mass is 10.1. The molecule has 2 N–H and O–H groups in total. The van der Waals surface area contributed by atoms with Crippen LogP contribution in [0.4, 0.5) is 14.5 Å². The van der Waals surface area contributed by atoms with Crippen LogP contribution in [0.2, 0.25) is 5.02 Å². The molecule has 2 aromatic carbocycles. The van der Waals surface area contributed by atoms with E-state index in [1.165, 1.54) is 6.07 Å². The van der Waals surface area contributed by atoms with Gasteiger partial charge in [-0.2, -0.15) is 0 Å². The lowest BCUT2D eigenvalue weighted by molar-refractivity contribution is 0.181. The van der Waals surface area contributed by atoms with Crippen LogP contribution < -0.4 is 5.32 Å². The summed E-state index contributed by atoms with van der Waals surface area (Å²) in [6, 6.07) is 8.61. The first-order chi connectivity index (χ1) is 9.49. The lowest BCUT2D eigenvalue weighted by Crippen LogP contribution is -2.15. The summed E-state index contributed by atoms with van der Waals surface area (Å²) >= 11 is 9.27. The molecule has 1 atom stereocenters. The van der Waals surface area contributed by atoms with Crippen molar-refractivity contribution >= 4 is 33.2 Å². The molecule has 106 valence electrons. The van der Waals surface area contributed by atoms with Crippen molar-refractivity contribution in [1.29, 1.82) is 0 Å². The molecular weight excluding hydrogens is 352 g/mol. The summed E-state index contributed by atoms with van der Waals surface area (Å²) in [5.74, 6) is -1.55. The zero-order valence-electron chi connectivity index (χ0n) is 10.2. The van der Waals surface area contributed by atoms with Crippen LogP contribution >= 0.6 is 27.5 Å². The third-order valence-electron chi connectivity index (χ3n) is 2.75. The van der Waals surface area contributed by atoms with Gasteiger partial charge in [-0.3, -0.25) is 0 Å². The quantitative estimate of drug-likeness (QED) is 0.838. The van der Waals surface area contributed by atoms with Gasteiger partial charge >= 0.3 is 0 Å². The molecule has 0 aliphatic rings. The van der Waals surface area contributed by atoms with E-state index in [2.05, 4.69) is 21.2 Å². The largest absolute Gasteiger partial charge is 0.386 e. The Morgan fingerprint density at radius 2 is 1.85 bits per heavy atom. The molecule has 0 aliphatic heterocycles. The number of nitrogens with one attached hydrogen (secondary N) is 1. The van der Waals surface area contributed by atoms with Gasteiger partial charge in [-0.05, 0) is 30.3 Å². The van der Waals surface area contributed by atoms with Crippen LogP contribution in [0.15, 0.2) is 40.9 Å². The summed E-state index contributed by atoms with van der Waals surface area (Å²) in [4.78, 5) is 0. The summed E-state index contributed by atoms with van der Waals surface area (Å²) in [5, 5.41) is 13.2. The highest BCUT2D eigenvalue weighted by molar-refractivity contribution is 9.10. The molecule has 0 aromatic heterocycles. The van der Waals surface area contributed by atoms with Gasteiger partial charge in [-0.1, -0.05) is 33.6 Å². The van der Waals surface area contributed by atoms with E-state index in [0.717, 1.165) is 16.6 Å². The van der Waals surface area contributed by atoms with Gasteiger partial charge in [0.15, 0.2) is 0 Å². The number of halogens is 4. The molecule has 0 aliphatic carbocycles. The van der Waals surface area contributed by atoms with Crippen LogP contribution in [0.25, 0.3) is 0 Å². The van der Waals surface area contributed by atoms with Crippen LogP contribution in [-0.2, 0) is 0 Å². The van der Waals surface area contributed by atoms with Crippen molar-refractivity contribution in [3.8, 4) is 0 Å². The number of aliphatic hydroxyl groups excluding tert-OH is 1. The van der Waals surface area contributed by atoms with Gasteiger partial charge in [0, 0.05) is 11.0 Å². The normalized spacial score (nSPS) is 12.2. The Morgan fingerprint density at radius 3 is 2.45 bits per heavy atom. The van der Waals surface area contributed by atoms with Crippen molar-refractivity contribution in [2.45, 2.75) is 6.10 Å². The molecule has 2 nitrogen and oxygen atoms in total. The van der Waals surface area contributed by atoms with Crippen molar-refractivity contribution in [3.05, 3.63) is 63.1 Å². The summed E-state index contributed by atoms with van der Waals surface area (Å²) in [6.45, 7) is -0.0563. The molecule has 0 saturated carbocycles. The first kappa shape index (κ1) is 15.2. The van der Waals surface area contributed by atoms with E-state index in [-0.39, 0.29) is 12.1 Å². The lowest BCUT2D eigenvalue weighted by Gasteiger charge is -2.15. The molecule has 0 heterocycles. The summed E-state index contributed by atoms with van der Waals surface area (Å²) < 4.78 is 27.8. The highest BCUT2D eigenvalue weighted by Gasteiger charge is 2.17. The van der Waals surface area contributed by atoms with Crippen LogP contribution in [0, 0.1) is 11.6 Å². The number of anilines is 1. The van der Waals surface area contributed by atoms with Gasteiger partial charge < -0.3 is 10.4 Å². The number of rotatable bonds is 4. The van der Waals surface area contributed by atoms with E-state index >= 15 is 0 Å². The average molecular weight is 363 g/mol. The maximum Gasteiger partial charge on any atom is 0.132 e. The van der Waals surface area contributed by atoms with Crippen LogP contribution in [0.1, 0.15) is 11.7 Å². The van der Waals surface area contributed by atoms with Gasteiger partial charge in [-0.15, -0.1) is 0 Å². The number of hydrogen-bond donors (Lipinski definition) is 2. The van der Waals surface area contributed by atoms with Crippen molar-refractivity contribution < 1.29 is 13.9 Å². The molecule has 0 radical (unpaired) electrons. The monoisotopic (exact) mass is 361 g/mol. The second-order valence-electron chi connectivity index (χ2n) is 4.16. The molecule has 1 unspecified atom stereocenters. The SMILES string of the molecule is OC(CNc1ccc(Br)cc1Cl)c1c(F)cccc1F. The van der Waals surface area contributed by atoms with Crippen molar-refractivity contribution in [3.63, 3.8) is 0 Å². The predicted molar refractivity (Wildman–Crippen MR) is 79.0 cm³/mol. The molecule has 0 bridgehead atoms. The zero-order chi connectivity index (χ0) is 14.7. The third-order valence-corrected chi connectivity index (χ3v) is 3.56. The van der Waals surface area contributed by atoms with Gasteiger partial charge in [-0.25, -0.2) is 8.78 Å². The van der Waals surface area contributed by atoms with Crippen molar-refractivity contribution in [2.75, 3.05) is 11.9 Å². The van der Waals surface area contributed by atoms with Crippen LogP contribution in [0.5, 0.6) is 0 Å².